The Morgan fingerprint density at radius 1 is 0.979 bits per heavy atom. The third kappa shape index (κ3) is 8.56. The molecule has 1 unspecified atom stereocenters. The zero-order valence-corrected chi connectivity index (χ0v) is 26.1. The van der Waals surface area contributed by atoms with Crippen molar-refractivity contribution in [2.24, 2.45) is 0 Å². The molecule has 2 heterocycles. The number of aryl methyl sites for hydroxylation is 1. The summed E-state index contributed by atoms with van der Waals surface area (Å²) in [7, 11) is -4.28. The van der Waals surface area contributed by atoms with E-state index in [1.807, 2.05) is 30.3 Å². The van der Waals surface area contributed by atoms with Gasteiger partial charge < -0.3 is 19.4 Å². The number of fused-ring (bicyclic) bond motifs is 1. The molecule has 0 spiro atoms. The second-order valence-corrected chi connectivity index (χ2v) is 13.0. The number of hydrogen-bond donors (Lipinski definition) is 1. The molecule has 47 heavy (non-hydrogen) atoms. The zero-order chi connectivity index (χ0) is 33.4. The van der Waals surface area contributed by atoms with Gasteiger partial charge in [-0.05, 0) is 30.5 Å². The number of para-hydroxylation sites is 3. The number of amides is 4. The minimum atomic E-state index is -4.28. The van der Waals surface area contributed by atoms with Gasteiger partial charge in [-0.2, -0.15) is 0 Å². The highest BCUT2D eigenvalue weighted by Crippen LogP contribution is 2.22. The van der Waals surface area contributed by atoms with Gasteiger partial charge in [0.15, 0.2) is 15.4 Å². The lowest BCUT2D eigenvalue weighted by atomic mass is 10.1. The Hall–Kier alpha value is -5.15. The maximum absolute atomic E-state index is 14.2. The number of ether oxygens (including phenoxy) is 1. The lowest BCUT2D eigenvalue weighted by Gasteiger charge is -2.30. The van der Waals surface area contributed by atoms with Crippen molar-refractivity contribution in [3.05, 3.63) is 106 Å². The van der Waals surface area contributed by atoms with Gasteiger partial charge in [-0.25, -0.2) is 18.2 Å². The van der Waals surface area contributed by atoms with Gasteiger partial charge in [-0.3, -0.25) is 24.6 Å². The molecule has 1 N–H and O–H groups in total. The third-order valence-corrected chi connectivity index (χ3v) is 9.15. The van der Waals surface area contributed by atoms with Crippen molar-refractivity contribution >= 4 is 44.5 Å². The summed E-state index contributed by atoms with van der Waals surface area (Å²) in [5, 5.41) is 14.1. The van der Waals surface area contributed by atoms with Gasteiger partial charge in [0.25, 0.3) is 17.5 Å². The van der Waals surface area contributed by atoms with E-state index in [1.165, 1.54) is 29.2 Å². The first kappa shape index (κ1) is 33.2. The molecule has 0 radical (unpaired) electrons. The molecule has 0 aliphatic carbocycles. The van der Waals surface area contributed by atoms with Gasteiger partial charge in [-0.1, -0.05) is 60.7 Å². The van der Waals surface area contributed by atoms with E-state index in [9.17, 15) is 32.9 Å². The summed E-state index contributed by atoms with van der Waals surface area (Å²) in [6.07, 6.45) is 0.807. The summed E-state index contributed by atoms with van der Waals surface area (Å²) in [4.78, 5) is 58.7. The normalized spacial score (nSPS) is 14.0. The molecular formula is C32H33N5O9S. The smallest absolute Gasteiger partial charge is 0.318 e. The van der Waals surface area contributed by atoms with Crippen LogP contribution in [0, 0.1) is 10.1 Å². The Kier molecular flexibility index (Phi) is 10.6. The Morgan fingerprint density at radius 2 is 1.66 bits per heavy atom. The fourth-order valence-corrected chi connectivity index (χ4v) is 6.78. The van der Waals surface area contributed by atoms with Crippen LogP contribution in [-0.4, -0.2) is 90.6 Å². The Labute approximate surface area is 270 Å². The molecule has 1 atom stereocenters. The number of benzene rings is 3. The SMILES string of the molecule is O=C(NC(CS(=O)(=O)Cc1ccccc1[N+](=O)[O-])C(=O)N(CCCc1ccccc1)C(=O)c1nc2ccccc2o1)N1CCOCC1. The molecule has 4 amide bonds. The number of aromatic nitrogens is 1. The van der Waals surface area contributed by atoms with Gasteiger partial charge >= 0.3 is 11.9 Å². The third-order valence-electron chi connectivity index (χ3n) is 7.56. The number of nitrogens with zero attached hydrogens (tertiary/aromatic N) is 4. The van der Waals surface area contributed by atoms with Crippen LogP contribution in [0.3, 0.4) is 0 Å². The minimum absolute atomic E-state index is 0.0783. The summed E-state index contributed by atoms with van der Waals surface area (Å²) < 4.78 is 38.0. The average molecular weight is 664 g/mol. The predicted octanol–water partition coefficient (Wildman–Crippen LogP) is 3.36. The summed E-state index contributed by atoms with van der Waals surface area (Å²) >= 11 is 0. The van der Waals surface area contributed by atoms with Crippen LogP contribution in [0.25, 0.3) is 11.1 Å². The van der Waals surface area contributed by atoms with Crippen molar-refractivity contribution in [3.63, 3.8) is 0 Å². The van der Waals surface area contributed by atoms with Crippen LogP contribution in [0.4, 0.5) is 10.5 Å². The summed E-state index contributed by atoms with van der Waals surface area (Å²) in [6.45, 7) is 0.781. The largest absolute Gasteiger partial charge is 0.432 e. The topological polar surface area (TPSA) is 182 Å². The van der Waals surface area contributed by atoms with E-state index in [1.54, 1.807) is 24.3 Å². The maximum Gasteiger partial charge on any atom is 0.318 e. The number of nitrogens with one attached hydrogen (secondary N) is 1. The van der Waals surface area contributed by atoms with E-state index in [-0.39, 0.29) is 44.3 Å². The molecule has 1 fully saturated rings. The number of carbonyl (C=O) groups is 3. The Balaban J connectivity index is 1.45. The van der Waals surface area contributed by atoms with Gasteiger partial charge in [0, 0.05) is 31.3 Å². The molecule has 4 aromatic rings. The number of hydrogen-bond acceptors (Lipinski definition) is 10. The van der Waals surface area contributed by atoms with Gasteiger partial charge in [-0.15, -0.1) is 0 Å². The number of nitro benzene ring substituents is 1. The van der Waals surface area contributed by atoms with E-state index in [2.05, 4.69) is 10.3 Å². The van der Waals surface area contributed by atoms with Gasteiger partial charge in [0.2, 0.25) is 0 Å². The van der Waals surface area contributed by atoms with Crippen LogP contribution in [0.2, 0.25) is 0 Å². The fraction of sp³-hybridized carbons (Fsp3) is 0.312. The molecule has 3 aromatic carbocycles. The molecule has 0 bridgehead atoms. The number of imide groups is 1. The van der Waals surface area contributed by atoms with Crippen molar-refractivity contribution in [3.8, 4) is 0 Å². The van der Waals surface area contributed by atoms with Crippen molar-refractivity contribution < 1.29 is 36.9 Å². The lowest BCUT2D eigenvalue weighted by molar-refractivity contribution is -0.385. The van der Waals surface area contributed by atoms with E-state index in [4.69, 9.17) is 9.15 Å². The standard InChI is InChI=1S/C32H33N5O9S/c38-30(36(16-8-11-23-9-2-1-3-10-23)31(39)29-33-25-13-5-7-15-28(25)46-29)26(34-32(40)35-17-19-45-20-18-35)22-47(43,44)21-24-12-4-6-14-27(24)37(41)42/h1-7,9-10,12-15,26H,8,11,16-22H2,(H,34,40). The van der Waals surface area contributed by atoms with Crippen LogP contribution in [0.1, 0.15) is 28.2 Å². The van der Waals surface area contributed by atoms with Gasteiger partial charge in [0.05, 0.1) is 29.6 Å². The second-order valence-electron chi connectivity index (χ2n) is 10.9. The molecule has 14 nitrogen and oxygen atoms in total. The first-order valence-electron chi connectivity index (χ1n) is 14.9. The van der Waals surface area contributed by atoms with Crippen LogP contribution >= 0.6 is 0 Å². The maximum atomic E-state index is 14.2. The van der Waals surface area contributed by atoms with Crippen LogP contribution in [0.15, 0.2) is 83.3 Å². The number of rotatable bonds is 12. The molecular weight excluding hydrogens is 630 g/mol. The lowest BCUT2D eigenvalue weighted by Crippen LogP contribution is -2.57. The monoisotopic (exact) mass is 663 g/mol. The molecule has 0 saturated carbocycles. The predicted molar refractivity (Wildman–Crippen MR) is 170 cm³/mol. The Bertz CT molecular complexity index is 1820. The second kappa shape index (κ2) is 15.0. The number of oxazole rings is 1. The summed E-state index contributed by atoms with van der Waals surface area (Å²) in [6, 6.07) is 19.0. The molecule has 1 aliphatic heterocycles. The number of urea groups is 1. The Morgan fingerprint density at radius 3 is 2.38 bits per heavy atom. The van der Waals surface area contributed by atoms with Crippen LogP contribution < -0.4 is 5.32 Å². The quantitative estimate of drug-likeness (QED) is 0.174. The molecule has 1 aliphatic rings. The first-order chi connectivity index (χ1) is 22.6. The highest BCUT2D eigenvalue weighted by Gasteiger charge is 2.37. The molecule has 15 heteroatoms. The van der Waals surface area contributed by atoms with Crippen LogP contribution in [-0.2, 0) is 31.5 Å². The number of sulfone groups is 1. The minimum Gasteiger partial charge on any atom is -0.432 e. The average Bonchev–Trinajstić information content (AvgIpc) is 3.51. The molecule has 1 saturated heterocycles. The van der Waals surface area contributed by atoms with Gasteiger partial charge in [0.1, 0.15) is 11.6 Å². The van der Waals surface area contributed by atoms with E-state index < -0.39 is 55.8 Å². The molecule has 5 rings (SSSR count). The van der Waals surface area contributed by atoms with Crippen molar-refractivity contribution in [2.75, 3.05) is 38.6 Å². The number of morpholine rings is 1. The number of carbonyl (C=O) groups excluding carboxylic acids is 3. The zero-order valence-electron chi connectivity index (χ0n) is 25.3. The van der Waals surface area contributed by atoms with Crippen LogP contribution in [0.5, 0.6) is 0 Å². The fourth-order valence-electron chi connectivity index (χ4n) is 5.21. The first-order valence-corrected chi connectivity index (χ1v) is 16.7. The van der Waals surface area contributed by atoms with E-state index in [0.717, 1.165) is 10.5 Å². The summed E-state index contributed by atoms with van der Waals surface area (Å²) in [5.41, 5.74) is 1.18. The van der Waals surface area contributed by atoms with Crippen molar-refractivity contribution in [2.45, 2.75) is 24.6 Å². The van der Waals surface area contributed by atoms with E-state index in [0.29, 0.717) is 23.9 Å². The molecule has 1 aromatic heterocycles. The summed E-state index contributed by atoms with van der Waals surface area (Å²) in [5.74, 6) is -3.96. The number of nitro groups is 1. The molecule has 246 valence electrons. The van der Waals surface area contributed by atoms with Crippen molar-refractivity contribution in [1.29, 1.82) is 0 Å². The van der Waals surface area contributed by atoms with Crippen molar-refractivity contribution in [1.82, 2.24) is 20.1 Å². The van der Waals surface area contributed by atoms with E-state index >= 15 is 0 Å². The highest BCUT2D eigenvalue weighted by molar-refractivity contribution is 7.90. The highest BCUT2D eigenvalue weighted by atomic mass is 32.2.